The molecule has 1 aliphatic rings. The molecule has 14 heteroatoms. The van der Waals surface area contributed by atoms with Crippen molar-refractivity contribution in [3.05, 3.63) is 64.2 Å². The Morgan fingerprint density at radius 3 is 2.29 bits per heavy atom. The van der Waals surface area contributed by atoms with Gasteiger partial charge in [0.2, 0.25) is 5.91 Å². The van der Waals surface area contributed by atoms with Crippen LogP contribution in [0.3, 0.4) is 0 Å². The summed E-state index contributed by atoms with van der Waals surface area (Å²) in [7, 11) is 0. The number of amides is 1. The minimum absolute atomic E-state index is 0.0322. The van der Waals surface area contributed by atoms with Crippen LogP contribution in [0.5, 0.6) is 0 Å². The Bertz CT molecular complexity index is 1220. The van der Waals surface area contributed by atoms with Crippen molar-refractivity contribution in [3.63, 3.8) is 0 Å². The summed E-state index contributed by atoms with van der Waals surface area (Å²) in [5.41, 5.74) is -3.01. The number of ether oxygens (including phenoxy) is 1. The predicted molar refractivity (Wildman–Crippen MR) is 132 cm³/mol. The molecule has 1 unspecified atom stereocenters. The van der Waals surface area contributed by atoms with E-state index in [1.807, 2.05) is 0 Å². The van der Waals surface area contributed by atoms with Crippen molar-refractivity contribution in [2.24, 2.45) is 10.5 Å². The highest BCUT2D eigenvalue weighted by Gasteiger charge is 2.51. The molecule has 0 aliphatic carbocycles. The molecule has 2 aromatic rings. The first-order chi connectivity index (χ1) is 17.7. The van der Waals surface area contributed by atoms with Crippen molar-refractivity contribution in [1.29, 1.82) is 0 Å². The summed E-state index contributed by atoms with van der Waals surface area (Å²) < 4.78 is 83.3. The molecule has 0 saturated carbocycles. The fourth-order valence-corrected chi connectivity index (χ4v) is 5.06. The zero-order valence-corrected chi connectivity index (χ0v) is 21.6. The highest BCUT2D eigenvalue weighted by atomic mass is 35.5. The van der Waals surface area contributed by atoms with Gasteiger partial charge < -0.3 is 10.1 Å². The normalized spacial score (nSPS) is 17.8. The number of carbonyl (C=O) groups excluding carboxylic acids is 2. The molecule has 0 bridgehead atoms. The van der Waals surface area contributed by atoms with Gasteiger partial charge in [0.15, 0.2) is 0 Å². The van der Waals surface area contributed by atoms with Gasteiger partial charge in [0.1, 0.15) is 12.0 Å². The van der Waals surface area contributed by atoms with Crippen LogP contribution in [0.15, 0.2) is 47.6 Å². The molecular weight excluding hydrogens is 560 g/mol. The molecular formula is C24H22ClF6N3O3S. The monoisotopic (exact) mass is 581 g/mol. The van der Waals surface area contributed by atoms with Crippen LogP contribution in [0, 0.1) is 5.41 Å². The Labute approximate surface area is 223 Å². The molecule has 1 aliphatic heterocycles. The van der Waals surface area contributed by atoms with Crippen molar-refractivity contribution in [2.45, 2.75) is 19.3 Å². The number of alkyl halides is 6. The lowest BCUT2D eigenvalue weighted by Gasteiger charge is -2.28. The Balaban J connectivity index is 1.91. The lowest BCUT2D eigenvalue weighted by Crippen LogP contribution is -2.46. The zero-order chi connectivity index (χ0) is 28.3. The van der Waals surface area contributed by atoms with E-state index in [0.29, 0.717) is 0 Å². The number of hydrogen-bond acceptors (Lipinski definition) is 6. The first-order valence-corrected chi connectivity index (χ1v) is 12.8. The second-order valence-corrected chi connectivity index (χ2v) is 9.60. The number of nitrogens with zero attached hydrogens (tertiary/aromatic N) is 2. The van der Waals surface area contributed by atoms with Crippen molar-refractivity contribution < 1.29 is 40.7 Å². The number of esters is 1. The van der Waals surface area contributed by atoms with E-state index in [0.717, 1.165) is 42.5 Å². The van der Waals surface area contributed by atoms with Gasteiger partial charge in [0.05, 0.1) is 35.0 Å². The Hall–Kier alpha value is -2.93. The molecule has 38 heavy (non-hydrogen) atoms. The maximum atomic E-state index is 13.2. The van der Waals surface area contributed by atoms with Gasteiger partial charge in [-0.05, 0) is 49.6 Å². The quantitative estimate of drug-likeness (QED) is 0.308. The maximum Gasteiger partial charge on any atom is 0.417 e. The van der Waals surface area contributed by atoms with Gasteiger partial charge in [0, 0.05) is 17.0 Å². The molecule has 1 N–H and O–H groups in total. The molecule has 0 fully saturated rings. The number of thioether (sulfide) groups is 1. The van der Waals surface area contributed by atoms with Crippen molar-refractivity contribution in [3.8, 4) is 0 Å². The molecule has 0 spiro atoms. The maximum absolute atomic E-state index is 13.2. The second-order valence-electron chi connectivity index (χ2n) is 8.32. The molecule has 0 radical (unpaired) electrons. The number of nitrogens with one attached hydrogen (secondary N) is 1. The molecule has 6 nitrogen and oxygen atoms in total. The fraction of sp³-hybridized carbons (Fsp3) is 0.375. The zero-order valence-electron chi connectivity index (χ0n) is 20.0. The summed E-state index contributed by atoms with van der Waals surface area (Å²) in [5.74, 6) is -1.17. The molecule has 0 aromatic heterocycles. The van der Waals surface area contributed by atoms with Crippen LogP contribution in [-0.2, 0) is 26.7 Å². The Kier molecular flexibility index (Phi) is 8.92. The smallest absolute Gasteiger partial charge is 0.417 e. The number of rotatable bonds is 8. The number of hydrazone groups is 1. The van der Waals surface area contributed by atoms with Gasteiger partial charge in [0.25, 0.3) is 0 Å². The van der Waals surface area contributed by atoms with E-state index in [1.54, 1.807) is 13.2 Å². The molecule has 1 atom stereocenters. The minimum atomic E-state index is -4.69. The summed E-state index contributed by atoms with van der Waals surface area (Å²) >= 11 is 7.18. The van der Waals surface area contributed by atoms with E-state index in [9.17, 15) is 35.9 Å². The van der Waals surface area contributed by atoms with Crippen LogP contribution < -0.4 is 5.32 Å². The third-order valence-corrected chi connectivity index (χ3v) is 6.67. The summed E-state index contributed by atoms with van der Waals surface area (Å²) in [6, 6.07) is 6.83. The summed E-state index contributed by atoms with van der Waals surface area (Å²) in [6.45, 7) is 1.11. The van der Waals surface area contributed by atoms with Crippen LogP contribution in [0.25, 0.3) is 0 Å². The van der Waals surface area contributed by atoms with Gasteiger partial charge in [-0.2, -0.15) is 43.2 Å². The number of hydrogen-bond donors (Lipinski definition) is 1. The lowest BCUT2D eigenvalue weighted by molar-refractivity contribution is -0.150. The van der Waals surface area contributed by atoms with Gasteiger partial charge in [-0.25, -0.2) is 0 Å². The van der Waals surface area contributed by atoms with E-state index in [4.69, 9.17) is 16.3 Å². The van der Waals surface area contributed by atoms with E-state index < -0.39 is 52.3 Å². The number of benzene rings is 2. The van der Waals surface area contributed by atoms with E-state index in [2.05, 4.69) is 10.4 Å². The van der Waals surface area contributed by atoms with E-state index in [1.165, 1.54) is 16.8 Å². The highest BCUT2D eigenvalue weighted by molar-refractivity contribution is 7.98. The van der Waals surface area contributed by atoms with Crippen LogP contribution >= 0.6 is 23.4 Å². The van der Waals surface area contributed by atoms with E-state index in [-0.39, 0.29) is 35.9 Å². The van der Waals surface area contributed by atoms with Gasteiger partial charge >= 0.3 is 18.3 Å². The Morgan fingerprint density at radius 1 is 1.11 bits per heavy atom. The molecule has 3 rings (SSSR count). The number of carbonyl (C=O) groups is 2. The third-order valence-electron chi connectivity index (χ3n) is 5.57. The highest BCUT2D eigenvalue weighted by Crippen LogP contribution is 2.39. The fourth-order valence-electron chi connectivity index (χ4n) is 3.94. The number of halogens is 7. The molecule has 1 heterocycles. The first kappa shape index (κ1) is 29.6. The van der Waals surface area contributed by atoms with Crippen molar-refractivity contribution in [1.82, 2.24) is 5.01 Å². The topological polar surface area (TPSA) is 71.0 Å². The SMILES string of the molecule is CCOC(=O)C1(CSC)CN(CC(=O)Nc2ccc(C(F)(F)F)cc2)N=C1c1ccc(C(F)(F)F)c(Cl)c1. The second kappa shape index (κ2) is 11.4. The number of anilines is 1. The predicted octanol–water partition coefficient (Wildman–Crippen LogP) is 5.95. The van der Waals surface area contributed by atoms with Gasteiger partial charge in [-0.15, -0.1) is 0 Å². The van der Waals surface area contributed by atoms with Crippen LogP contribution in [0.1, 0.15) is 23.6 Å². The lowest BCUT2D eigenvalue weighted by atomic mass is 9.81. The van der Waals surface area contributed by atoms with Gasteiger partial charge in [-0.3, -0.25) is 14.6 Å². The summed E-state index contributed by atoms with van der Waals surface area (Å²) in [4.78, 5) is 25.8. The average Bonchev–Trinajstić information content (AvgIpc) is 3.17. The average molecular weight is 582 g/mol. The van der Waals surface area contributed by atoms with E-state index >= 15 is 0 Å². The molecule has 2 aromatic carbocycles. The van der Waals surface area contributed by atoms with Crippen LogP contribution in [0.4, 0.5) is 32.0 Å². The van der Waals surface area contributed by atoms with Crippen molar-refractivity contribution >= 4 is 46.6 Å². The molecule has 206 valence electrons. The summed E-state index contributed by atoms with van der Waals surface area (Å²) in [5, 5.41) is 7.52. The minimum Gasteiger partial charge on any atom is -0.465 e. The Morgan fingerprint density at radius 2 is 1.76 bits per heavy atom. The summed E-state index contributed by atoms with van der Waals surface area (Å²) in [6.07, 6.45) is -7.50. The standard InChI is InChI=1S/C24H22ClF6N3O3S/c1-3-37-21(36)22(13-38-2)12-34(11-19(35)32-16-7-5-15(6-8-16)23(26,27)28)33-20(22)14-4-9-17(18(25)10-14)24(29,30)31/h4-10H,3,11-13H2,1-2H3,(H,32,35). The van der Waals surface area contributed by atoms with Gasteiger partial charge in [-0.1, -0.05) is 17.7 Å². The first-order valence-electron chi connectivity index (χ1n) is 11.1. The largest absolute Gasteiger partial charge is 0.465 e. The molecule has 0 saturated heterocycles. The molecule has 1 amide bonds. The van der Waals surface area contributed by atoms with Crippen LogP contribution in [0.2, 0.25) is 5.02 Å². The van der Waals surface area contributed by atoms with Crippen molar-refractivity contribution in [2.75, 3.05) is 37.0 Å². The third kappa shape index (κ3) is 6.55. The van der Waals surface area contributed by atoms with Crippen LogP contribution in [-0.4, -0.2) is 54.3 Å².